The Morgan fingerprint density at radius 2 is 0.692 bits per heavy atom. The van der Waals surface area contributed by atoms with Gasteiger partial charge in [0.15, 0.2) is 0 Å². The van der Waals surface area contributed by atoms with Gasteiger partial charge in [-0.05, 0) is 20.8 Å². The van der Waals surface area contributed by atoms with E-state index in [2.05, 4.69) is 0 Å². The third-order valence-electron chi connectivity index (χ3n) is 0. The number of hydrogen-bond donors (Lipinski definition) is 0. The smallest absolute Gasteiger partial charge is 0.550 e. The van der Waals surface area contributed by atoms with E-state index in [0.29, 0.717) is 0 Å². The van der Waals surface area contributed by atoms with Gasteiger partial charge in [0, 0.05) is 17.9 Å². The summed E-state index contributed by atoms with van der Waals surface area (Å²) in [6, 6.07) is 0. The molecule has 0 spiro atoms. The van der Waals surface area contributed by atoms with Crippen LogP contribution in [0.3, 0.4) is 0 Å². The van der Waals surface area contributed by atoms with Gasteiger partial charge in [-0.25, -0.2) is 0 Å². The Hall–Kier alpha value is -0.00558. The van der Waals surface area contributed by atoms with Gasteiger partial charge in [-0.1, -0.05) is 0 Å². The van der Waals surface area contributed by atoms with Crippen LogP contribution < -0.4 is 15.3 Å². The number of aliphatic carboxylic acids is 3. The monoisotopic (exact) mass is 330 g/mol. The summed E-state index contributed by atoms with van der Waals surface area (Å²) in [5.74, 6) is -3.25. The standard InChI is InChI=1S/3C2H4O2.Eu/c3*1-2(3)4;/h3*1H3,(H,3,4);/q;;;+2/p-3. The first kappa shape index (κ1) is 23.1. The summed E-state index contributed by atoms with van der Waals surface area (Å²) < 4.78 is 0. The maximum atomic E-state index is 8.89. The Bertz CT molecular complexity index is 115. The maximum absolute atomic E-state index is 8.89. The molecule has 0 atom stereocenters. The van der Waals surface area contributed by atoms with Crippen molar-refractivity contribution < 1.29 is 79.1 Å². The Morgan fingerprint density at radius 3 is 0.692 bits per heavy atom. The van der Waals surface area contributed by atoms with E-state index in [9.17, 15) is 0 Å². The summed E-state index contributed by atoms with van der Waals surface area (Å²) in [5.41, 5.74) is 0. The molecule has 0 fully saturated rings. The molecule has 0 aliphatic carbocycles. The van der Waals surface area contributed by atoms with E-state index in [1.54, 1.807) is 0 Å². The van der Waals surface area contributed by atoms with Crippen LogP contribution in [0.1, 0.15) is 20.8 Å². The Labute approximate surface area is 116 Å². The van der Waals surface area contributed by atoms with Gasteiger partial charge in [-0.3, -0.25) is 0 Å². The van der Waals surface area contributed by atoms with Crippen LogP contribution >= 0.6 is 0 Å². The van der Waals surface area contributed by atoms with Gasteiger partial charge in [-0.15, -0.1) is 0 Å². The first-order valence-electron chi connectivity index (χ1n) is 2.72. The second kappa shape index (κ2) is 17.9. The zero-order chi connectivity index (χ0) is 10.7. The molecule has 1 radical (unpaired) electrons. The van der Waals surface area contributed by atoms with E-state index in [4.69, 9.17) is 29.7 Å². The van der Waals surface area contributed by atoms with Gasteiger partial charge in [0.05, 0.1) is 0 Å². The molecule has 0 aliphatic heterocycles. The zero-order valence-electron chi connectivity index (χ0n) is 7.33. The molecule has 0 aromatic carbocycles. The topological polar surface area (TPSA) is 120 Å². The van der Waals surface area contributed by atoms with Crippen LogP contribution in [-0.4, -0.2) is 17.9 Å². The van der Waals surface area contributed by atoms with E-state index < -0.39 is 17.9 Å². The summed E-state index contributed by atoms with van der Waals surface area (Å²) in [5, 5.41) is 26.7. The van der Waals surface area contributed by atoms with Gasteiger partial charge in [-0.2, -0.15) is 0 Å². The molecular weight excluding hydrogens is 320 g/mol. The molecule has 0 saturated heterocycles. The number of carboxylic acids is 3. The fourth-order valence-electron chi connectivity index (χ4n) is 0. The summed E-state index contributed by atoms with van der Waals surface area (Å²) in [4.78, 5) is 26.7. The average molecular weight is 329 g/mol. The molecule has 0 saturated carbocycles. The minimum Gasteiger partial charge on any atom is -0.550 e. The van der Waals surface area contributed by atoms with Crippen LogP contribution in [0.25, 0.3) is 0 Å². The van der Waals surface area contributed by atoms with Crippen molar-refractivity contribution >= 4 is 17.9 Å². The van der Waals surface area contributed by atoms with Crippen molar-refractivity contribution in [3.8, 4) is 0 Å². The molecule has 77 valence electrons. The molecule has 0 heterocycles. The van der Waals surface area contributed by atoms with Gasteiger partial charge in [0.2, 0.25) is 0 Å². The Morgan fingerprint density at radius 1 is 0.692 bits per heavy atom. The van der Waals surface area contributed by atoms with E-state index in [0.717, 1.165) is 20.8 Å². The molecule has 0 aliphatic rings. The van der Waals surface area contributed by atoms with E-state index in [1.165, 1.54) is 0 Å². The van der Waals surface area contributed by atoms with Crippen molar-refractivity contribution in [3.63, 3.8) is 0 Å². The van der Waals surface area contributed by atoms with Crippen LogP contribution in [0.2, 0.25) is 0 Å². The molecule has 0 rings (SSSR count). The second-order valence-corrected chi connectivity index (χ2v) is 1.47. The molecule has 0 aromatic rings. The van der Waals surface area contributed by atoms with Crippen molar-refractivity contribution in [3.05, 3.63) is 0 Å². The van der Waals surface area contributed by atoms with Crippen LogP contribution in [0.5, 0.6) is 0 Å². The average Bonchev–Trinajstić information content (AvgIpc) is 1.54. The minimum atomic E-state index is -1.08. The molecule has 6 nitrogen and oxygen atoms in total. The van der Waals surface area contributed by atoms with E-state index in [-0.39, 0.29) is 49.4 Å². The summed E-state index contributed by atoms with van der Waals surface area (Å²) >= 11 is 0. The Balaban J connectivity index is -0.0000000450. The molecule has 0 N–H and O–H groups in total. The van der Waals surface area contributed by atoms with Crippen molar-refractivity contribution in [1.82, 2.24) is 0 Å². The number of carbonyl (C=O) groups is 3. The minimum absolute atomic E-state index is 0. The van der Waals surface area contributed by atoms with E-state index >= 15 is 0 Å². The fourth-order valence-corrected chi connectivity index (χ4v) is 0. The third-order valence-corrected chi connectivity index (χ3v) is 0. The SMILES string of the molecule is CC(=O)[O-].CC(=O)[O-].CC(=O)[O-].[Eu+2]. The fraction of sp³-hybridized carbons (Fsp3) is 0.500. The van der Waals surface area contributed by atoms with Crippen LogP contribution in [0, 0.1) is 49.4 Å². The van der Waals surface area contributed by atoms with E-state index in [1.807, 2.05) is 0 Å². The third kappa shape index (κ3) is 38400000. The van der Waals surface area contributed by atoms with Gasteiger partial charge in [0.25, 0.3) is 0 Å². The number of hydrogen-bond acceptors (Lipinski definition) is 6. The molecule has 13 heavy (non-hydrogen) atoms. The van der Waals surface area contributed by atoms with Gasteiger partial charge < -0.3 is 29.7 Å². The normalized spacial score (nSPS) is 5.77. The second-order valence-electron chi connectivity index (χ2n) is 1.47. The van der Waals surface area contributed by atoms with Crippen LogP contribution in [0.15, 0.2) is 0 Å². The number of carbonyl (C=O) groups excluding carboxylic acids is 3. The van der Waals surface area contributed by atoms with Crippen molar-refractivity contribution in [2.24, 2.45) is 0 Å². The van der Waals surface area contributed by atoms with Crippen molar-refractivity contribution in [1.29, 1.82) is 0 Å². The first-order valence-corrected chi connectivity index (χ1v) is 2.72. The summed E-state index contributed by atoms with van der Waals surface area (Å²) in [6.45, 7) is 2.92. The molecule has 0 aromatic heterocycles. The molecule has 7 heteroatoms. The quantitative estimate of drug-likeness (QED) is 0.450. The Kier molecular flexibility index (Phi) is 31.9. The predicted molar refractivity (Wildman–Crippen MR) is 32.0 cm³/mol. The van der Waals surface area contributed by atoms with Gasteiger partial charge in [0.1, 0.15) is 0 Å². The molecule has 0 unspecified atom stereocenters. The first-order chi connectivity index (χ1) is 5.20. The van der Waals surface area contributed by atoms with Crippen LogP contribution in [-0.2, 0) is 14.4 Å². The largest absolute Gasteiger partial charge is 2.00 e. The molecule has 0 bridgehead atoms. The maximum Gasteiger partial charge on any atom is 2.00 e. The number of carboxylic acid groups (broad SMARTS) is 3. The van der Waals surface area contributed by atoms with Gasteiger partial charge >= 0.3 is 49.4 Å². The van der Waals surface area contributed by atoms with Crippen molar-refractivity contribution in [2.45, 2.75) is 20.8 Å². The molecular formula is C6H9EuO6-. The zero-order valence-corrected chi connectivity index (χ0v) is 9.75. The summed E-state index contributed by atoms with van der Waals surface area (Å²) in [6.07, 6.45) is 0. The summed E-state index contributed by atoms with van der Waals surface area (Å²) in [7, 11) is 0. The van der Waals surface area contributed by atoms with Crippen molar-refractivity contribution in [2.75, 3.05) is 0 Å². The predicted octanol–water partition coefficient (Wildman–Crippen LogP) is -3.73. The molecule has 0 amide bonds. The van der Waals surface area contributed by atoms with Crippen LogP contribution in [0.4, 0.5) is 0 Å². The number of rotatable bonds is 0.